The van der Waals surface area contributed by atoms with E-state index in [1.54, 1.807) is 6.20 Å². The Labute approximate surface area is 107 Å². The second kappa shape index (κ2) is 4.49. The van der Waals surface area contributed by atoms with E-state index in [9.17, 15) is 0 Å². The number of anilines is 1. The summed E-state index contributed by atoms with van der Waals surface area (Å²) in [5.74, 6) is 0.515. The van der Waals surface area contributed by atoms with Gasteiger partial charge in [0.15, 0.2) is 0 Å². The molecule has 2 aromatic rings. The highest BCUT2D eigenvalue weighted by atomic mass is 79.9. The van der Waals surface area contributed by atoms with Crippen LogP contribution in [0.2, 0.25) is 0 Å². The number of pyridine rings is 1. The largest absolute Gasteiger partial charge is 0.383 e. The van der Waals surface area contributed by atoms with E-state index in [-0.39, 0.29) is 17.0 Å². The van der Waals surface area contributed by atoms with E-state index >= 15 is 0 Å². The lowest BCUT2D eigenvalue weighted by Gasteiger charge is -2.06. The van der Waals surface area contributed by atoms with Gasteiger partial charge in [-0.05, 0) is 35.8 Å². The van der Waals surface area contributed by atoms with Crippen LogP contribution in [0.4, 0.5) is 5.82 Å². The Morgan fingerprint density at radius 2 is 2.13 bits per heavy atom. The van der Waals surface area contributed by atoms with E-state index in [1.807, 2.05) is 10.7 Å². The van der Waals surface area contributed by atoms with Crippen molar-refractivity contribution in [2.45, 2.75) is 19.9 Å². The van der Waals surface area contributed by atoms with Gasteiger partial charge < -0.3 is 5.73 Å². The zero-order valence-electron chi connectivity index (χ0n) is 8.44. The molecule has 0 amide bonds. The van der Waals surface area contributed by atoms with Gasteiger partial charge in [-0.3, -0.25) is 4.68 Å². The van der Waals surface area contributed by atoms with E-state index in [4.69, 9.17) is 5.73 Å². The van der Waals surface area contributed by atoms with Crippen LogP contribution in [0.5, 0.6) is 0 Å². The van der Waals surface area contributed by atoms with E-state index in [2.05, 4.69) is 39.9 Å². The first-order chi connectivity index (χ1) is 6.61. The number of nitrogen functional groups attached to an aromatic ring is 1. The van der Waals surface area contributed by atoms with Crippen LogP contribution in [0.3, 0.4) is 0 Å². The van der Waals surface area contributed by atoms with Crippen molar-refractivity contribution in [1.82, 2.24) is 14.8 Å². The fourth-order valence-corrected chi connectivity index (χ4v) is 2.04. The van der Waals surface area contributed by atoms with Crippen molar-refractivity contribution < 1.29 is 0 Å². The van der Waals surface area contributed by atoms with Gasteiger partial charge in [0.25, 0.3) is 0 Å². The Balaban J connectivity index is 0.00000112. The summed E-state index contributed by atoms with van der Waals surface area (Å²) in [6, 6.07) is 2.23. The number of hydrogen-bond acceptors (Lipinski definition) is 3. The third-order valence-electron chi connectivity index (χ3n) is 2.10. The van der Waals surface area contributed by atoms with Gasteiger partial charge in [0.2, 0.25) is 0 Å². The summed E-state index contributed by atoms with van der Waals surface area (Å²) in [6.45, 7) is 4.16. The Morgan fingerprint density at radius 1 is 1.47 bits per heavy atom. The van der Waals surface area contributed by atoms with Crippen molar-refractivity contribution in [3.05, 3.63) is 16.9 Å². The van der Waals surface area contributed by atoms with E-state index in [0.29, 0.717) is 11.9 Å². The fraction of sp³-hybridized carbons (Fsp3) is 0.333. The fourth-order valence-electron chi connectivity index (χ4n) is 1.46. The molecular formula is C9H12Br2N4. The highest BCUT2D eigenvalue weighted by Crippen LogP contribution is 2.28. The van der Waals surface area contributed by atoms with Crippen LogP contribution in [-0.4, -0.2) is 14.8 Å². The lowest BCUT2D eigenvalue weighted by Crippen LogP contribution is -2.02. The van der Waals surface area contributed by atoms with Gasteiger partial charge in [-0.2, -0.15) is 5.10 Å². The van der Waals surface area contributed by atoms with Crippen molar-refractivity contribution in [1.29, 1.82) is 0 Å². The minimum absolute atomic E-state index is 0. The Hall–Kier alpha value is -0.620. The summed E-state index contributed by atoms with van der Waals surface area (Å²) in [4.78, 5) is 4.04. The molecule has 4 nitrogen and oxygen atoms in total. The van der Waals surface area contributed by atoms with E-state index in [0.717, 1.165) is 15.5 Å². The zero-order chi connectivity index (χ0) is 10.3. The van der Waals surface area contributed by atoms with Crippen LogP contribution in [0.25, 0.3) is 10.9 Å². The predicted molar refractivity (Wildman–Crippen MR) is 70.3 cm³/mol. The average Bonchev–Trinajstić information content (AvgIpc) is 2.45. The smallest absolute Gasteiger partial charge is 0.139 e. The molecule has 0 aliphatic carbocycles. The average molecular weight is 336 g/mol. The summed E-state index contributed by atoms with van der Waals surface area (Å²) >= 11 is 3.38. The lowest BCUT2D eigenvalue weighted by atomic mass is 10.3. The number of rotatable bonds is 1. The summed E-state index contributed by atoms with van der Waals surface area (Å²) in [5, 5.41) is 5.25. The molecule has 0 radical (unpaired) electrons. The molecule has 0 bridgehead atoms. The molecule has 0 aliphatic rings. The summed E-state index contributed by atoms with van der Waals surface area (Å²) in [6.07, 6.45) is 1.70. The molecule has 2 rings (SSSR count). The molecule has 0 saturated heterocycles. The molecule has 2 N–H and O–H groups in total. The molecule has 0 unspecified atom stereocenters. The summed E-state index contributed by atoms with van der Waals surface area (Å²) in [7, 11) is 0. The topological polar surface area (TPSA) is 56.7 Å². The van der Waals surface area contributed by atoms with Crippen molar-refractivity contribution in [2.24, 2.45) is 0 Å². The minimum atomic E-state index is 0. The van der Waals surface area contributed by atoms with Gasteiger partial charge in [-0.25, -0.2) is 4.98 Å². The first kappa shape index (κ1) is 12.4. The molecule has 2 heterocycles. The Morgan fingerprint density at radius 3 is 2.73 bits per heavy atom. The number of nitrogens with zero attached hydrogens (tertiary/aromatic N) is 3. The normalized spacial score (nSPS) is 10.7. The Bertz CT molecular complexity index is 478. The first-order valence-electron chi connectivity index (χ1n) is 4.39. The summed E-state index contributed by atoms with van der Waals surface area (Å²) < 4.78 is 2.68. The van der Waals surface area contributed by atoms with E-state index in [1.165, 1.54) is 0 Å². The number of halogens is 2. The van der Waals surface area contributed by atoms with Crippen molar-refractivity contribution in [2.75, 3.05) is 5.73 Å². The first-order valence-corrected chi connectivity index (χ1v) is 5.18. The highest BCUT2D eigenvalue weighted by Gasteiger charge is 2.12. The maximum absolute atomic E-state index is 5.78. The lowest BCUT2D eigenvalue weighted by molar-refractivity contribution is 0.548. The van der Waals surface area contributed by atoms with Gasteiger partial charge >= 0.3 is 0 Å². The second-order valence-corrected chi connectivity index (χ2v) is 4.17. The molecule has 6 heteroatoms. The number of nitrogens with two attached hydrogens (primary N) is 1. The quantitative estimate of drug-likeness (QED) is 0.871. The molecule has 0 atom stereocenters. The highest BCUT2D eigenvalue weighted by molar-refractivity contribution is 9.10. The third kappa shape index (κ3) is 2.01. The van der Waals surface area contributed by atoms with Crippen LogP contribution in [-0.2, 0) is 0 Å². The van der Waals surface area contributed by atoms with Gasteiger partial charge in [0.1, 0.15) is 10.4 Å². The number of aromatic nitrogens is 3. The predicted octanol–water partition coefficient (Wildman–Crippen LogP) is 2.93. The molecule has 0 fully saturated rings. The van der Waals surface area contributed by atoms with E-state index < -0.39 is 0 Å². The molecule has 0 aromatic carbocycles. The molecule has 0 saturated carbocycles. The second-order valence-electron chi connectivity index (χ2n) is 3.42. The maximum atomic E-state index is 5.78. The van der Waals surface area contributed by atoms with Gasteiger partial charge in [0.05, 0.1) is 10.9 Å². The molecule has 2 aromatic heterocycles. The van der Waals surface area contributed by atoms with Crippen LogP contribution in [0.1, 0.15) is 19.9 Å². The van der Waals surface area contributed by atoms with Crippen LogP contribution >= 0.6 is 32.9 Å². The van der Waals surface area contributed by atoms with Crippen LogP contribution < -0.4 is 5.73 Å². The third-order valence-corrected chi connectivity index (χ3v) is 2.65. The van der Waals surface area contributed by atoms with Crippen molar-refractivity contribution >= 4 is 49.6 Å². The van der Waals surface area contributed by atoms with Gasteiger partial charge in [-0.15, -0.1) is 17.0 Å². The summed E-state index contributed by atoms with van der Waals surface area (Å²) in [5.41, 5.74) is 6.79. The number of fused-ring (bicyclic) bond motifs is 1. The standard InChI is InChI=1S/C9H11BrN4.BrH/c1-5(2)14-6-3-4-12-9(11)7(6)8(10)13-14;/h3-5H,1-2H3,(H2,11,12);1H. The minimum Gasteiger partial charge on any atom is -0.383 e. The van der Waals surface area contributed by atoms with Gasteiger partial charge in [-0.1, -0.05) is 0 Å². The zero-order valence-corrected chi connectivity index (χ0v) is 11.7. The molecule has 0 aliphatic heterocycles. The molecule has 15 heavy (non-hydrogen) atoms. The molecular weight excluding hydrogens is 324 g/mol. The van der Waals surface area contributed by atoms with Crippen molar-refractivity contribution in [3.63, 3.8) is 0 Å². The maximum Gasteiger partial charge on any atom is 0.139 e. The van der Waals surface area contributed by atoms with Gasteiger partial charge in [0, 0.05) is 12.2 Å². The monoisotopic (exact) mass is 334 g/mol. The van der Waals surface area contributed by atoms with Crippen molar-refractivity contribution in [3.8, 4) is 0 Å². The van der Waals surface area contributed by atoms with Crippen LogP contribution in [0, 0.1) is 0 Å². The molecule has 82 valence electrons. The SMILES string of the molecule is Br.CC(C)n1nc(Br)c2c(N)nccc21. The Kier molecular flexibility index (Phi) is 3.72. The van der Waals surface area contributed by atoms with Crippen LogP contribution in [0.15, 0.2) is 16.9 Å². The number of hydrogen-bond donors (Lipinski definition) is 1. The molecule has 0 spiro atoms.